The number of carbonyl (C=O) groups is 1. The van der Waals surface area contributed by atoms with Crippen molar-refractivity contribution in [3.8, 4) is 10.6 Å². The van der Waals surface area contributed by atoms with Gasteiger partial charge in [-0.2, -0.15) is 13.2 Å². The molecule has 0 spiro atoms. The van der Waals surface area contributed by atoms with Crippen molar-refractivity contribution in [1.82, 2.24) is 4.98 Å². The zero-order chi connectivity index (χ0) is 25.0. The molecule has 3 rings (SSSR count). The van der Waals surface area contributed by atoms with Crippen molar-refractivity contribution in [2.45, 2.75) is 63.4 Å². The fourth-order valence-electron chi connectivity index (χ4n) is 3.61. The molecule has 1 heterocycles. The van der Waals surface area contributed by atoms with E-state index in [-0.39, 0.29) is 18.3 Å². The second-order valence-electron chi connectivity index (χ2n) is 8.69. The lowest BCUT2D eigenvalue weighted by Gasteiger charge is -2.14. The van der Waals surface area contributed by atoms with Gasteiger partial charge in [0.1, 0.15) is 5.01 Å². The Balaban J connectivity index is 1.74. The Hall–Kier alpha value is -2.32. The predicted molar refractivity (Wildman–Crippen MR) is 133 cm³/mol. The Bertz CT molecular complexity index is 1140. The molecular weight excluding hydrogens is 479 g/mol. The molecule has 1 aromatic heterocycles. The monoisotopic (exact) mass is 507 g/mol. The first-order chi connectivity index (χ1) is 16.0. The molecule has 182 valence electrons. The zero-order valence-corrected chi connectivity index (χ0v) is 21.2. The molecule has 0 unspecified atom stereocenters. The third-order valence-corrected chi connectivity index (χ3v) is 8.16. The maximum atomic E-state index is 12.9. The van der Waals surface area contributed by atoms with E-state index in [2.05, 4.69) is 26.8 Å². The van der Waals surface area contributed by atoms with Gasteiger partial charge in [0.2, 0.25) is 0 Å². The molecule has 1 atom stereocenters. The molecular formula is C26H28F3NO2S2. The number of alkyl halides is 3. The number of nitrogens with zero attached hydrogens (tertiary/aromatic N) is 1. The van der Waals surface area contributed by atoms with E-state index >= 15 is 0 Å². The highest BCUT2D eigenvalue weighted by molar-refractivity contribution is 7.99. The molecule has 3 aromatic rings. The van der Waals surface area contributed by atoms with Crippen LogP contribution in [0.5, 0.6) is 0 Å². The van der Waals surface area contributed by atoms with E-state index in [9.17, 15) is 18.0 Å². The van der Waals surface area contributed by atoms with Gasteiger partial charge in [-0.3, -0.25) is 4.79 Å². The molecule has 0 saturated carbocycles. The van der Waals surface area contributed by atoms with E-state index in [1.165, 1.54) is 12.1 Å². The van der Waals surface area contributed by atoms with Crippen molar-refractivity contribution >= 4 is 29.1 Å². The van der Waals surface area contributed by atoms with Crippen LogP contribution in [0.3, 0.4) is 0 Å². The predicted octanol–water partition coefficient (Wildman–Crippen LogP) is 8.17. The second kappa shape index (κ2) is 11.0. The quantitative estimate of drug-likeness (QED) is 0.297. The second-order valence-corrected chi connectivity index (χ2v) is 10.8. The van der Waals surface area contributed by atoms with E-state index in [1.54, 1.807) is 23.1 Å². The summed E-state index contributed by atoms with van der Waals surface area (Å²) in [5, 5.41) is 9.64. The summed E-state index contributed by atoms with van der Waals surface area (Å²) in [5.41, 5.74) is 3.16. The number of carboxylic acid groups (broad SMARTS) is 1. The minimum absolute atomic E-state index is 0.120. The fourth-order valence-corrected chi connectivity index (χ4v) is 6.03. The first-order valence-corrected chi connectivity index (χ1v) is 12.9. The van der Waals surface area contributed by atoms with Crippen LogP contribution in [0.4, 0.5) is 13.2 Å². The molecule has 0 amide bonds. The van der Waals surface area contributed by atoms with E-state index in [0.717, 1.165) is 49.5 Å². The third-order valence-electron chi connectivity index (χ3n) is 5.56. The topological polar surface area (TPSA) is 50.2 Å². The van der Waals surface area contributed by atoms with Crippen molar-refractivity contribution < 1.29 is 23.1 Å². The molecule has 0 aliphatic carbocycles. The summed E-state index contributed by atoms with van der Waals surface area (Å²) in [6.45, 7) is 8.31. The highest BCUT2D eigenvalue weighted by Crippen LogP contribution is 2.39. The first-order valence-electron chi connectivity index (χ1n) is 11.1. The molecule has 0 radical (unpaired) electrons. The zero-order valence-electron chi connectivity index (χ0n) is 19.6. The number of hydrogen-bond acceptors (Lipinski definition) is 4. The molecule has 0 bridgehead atoms. The van der Waals surface area contributed by atoms with Gasteiger partial charge in [-0.25, -0.2) is 4.98 Å². The van der Waals surface area contributed by atoms with Gasteiger partial charge in [0.25, 0.3) is 0 Å². The number of aliphatic carboxylic acids is 1. The highest BCUT2D eigenvalue weighted by Gasteiger charge is 2.30. The van der Waals surface area contributed by atoms with Gasteiger partial charge >= 0.3 is 12.1 Å². The number of halogens is 3. The number of benzene rings is 2. The Morgan fingerprint density at radius 1 is 1.12 bits per heavy atom. The third kappa shape index (κ3) is 6.63. The number of thioether (sulfide) groups is 1. The number of carboxylic acids is 1. The SMILES string of the molecule is Cc1cc(SC[C@@H](C)c2sc(-c3ccc(C(F)(F)F)cc3)nc2C(C)C)ccc1CCC(=O)O. The number of rotatable bonds is 9. The molecule has 34 heavy (non-hydrogen) atoms. The molecule has 8 heteroatoms. The molecule has 3 nitrogen and oxygen atoms in total. The van der Waals surface area contributed by atoms with Crippen molar-refractivity contribution in [1.29, 1.82) is 0 Å². The largest absolute Gasteiger partial charge is 0.481 e. The number of aromatic nitrogens is 1. The minimum Gasteiger partial charge on any atom is -0.481 e. The maximum absolute atomic E-state index is 12.9. The lowest BCUT2D eigenvalue weighted by molar-refractivity contribution is -0.138. The van der Waals surface area contributed by atoms with Gasteiger partial charge < -0.3 is 5.11 Å². The Morgan fingerprint density at radius 3 is 2.35 bits per heavy atom. The van der Waals surface area contributed by atoms with E-state index in [0.29, 0.717) is 12.0 Å². The lowest BCUT2D eigenvalue weighted by atomic mass is 10.0. The van der Waals surface area contributed by atoms with Gasteiger partial charge in [0.05, 0.1) is 11.3 Å². The Morgan fingerprint density at radius 2 is 1.79 bits per heavy atom. The van der Waals surface area contributed by atoms with Crippen molar-refractivity contribution in [3.63, 3.8) is 0 Å². The molecule has 0 aliphatic heterocycles. The summed E-state index contributed by atoms with van der Waals surface area (Å²) in [6, 6.07) is 11.3. The van der Waals surface area contributed by atoms with Gasteiger partial charge in [0.15, 0.2) is 0 Å². The summed E-state index contributed by atoms with van der Waals surface area (Å²) in [6.07, 6.45) is -3.71. The Labute approximate surface area is 206 Å². The van der Waals surface area contributed by atoms with Gasteiger partial charge in [-0.15, -0.1) is 23.1 Å². The van der Waals surface area contributed by atoms with Crippen LogP contribution < -0.4 is 0 Å². The maximum Gasteiger partial charge on any atom is 0.416 e. The van der Waals surface area contributed by atoms with Crippen molar-refractivity contribution in [2.75, 3.05) is 5.75 Å². The molecule has 2 aromatic carbocycles. The molecule has 0 saturated heterocycles. The standard InChI is InChI=1S/C26H28F3NO2S2/c1-15(2)23-24(34-25(30-23)19-5-9-20(10-6-19)26(27,28)29)17(4)14-33-21-11-7-18(16(3)13-21)8-12-22(31)32/h5-7,9-11,13,15,17H,8,12,14H2,1-4H3,(H,31,32)/t17-/m1/s1. The normalized spacial score (nSPS) is 12.8. The van der Waals surface area contributed by atoms with Gasteiger partial charge in [0, 0.05) is 33.4 Å². The van der Waals surface area contributed by atoms with Crippen molar-refractivity contribution in [3.05, 3.63) is 69.7 Å². The molecule has 1 N–H and O–H groups in total. The van der Waals surface area contributed by atoms with E-state index in [4.69, 9.17) is 10.1 Å². The fraction of sp³-hybridized carbons (Fsp3) is 0.385. The number of hydrogen-bond donors (Lipinski definition) is 1. The van der Waals surface area contributed by atoms with Crippen LogP contribution in [0.25, 0.3) is 10.6 Å². The minimum atomic E-state index is -4.35. The lowest BCUT2D eigenvalue weighted by Crippen LogP contribution is -2.03. The van der Waals surface area contributed by atoms with Crippen LogP contribution >= 0.6 is 23.1 Å². The van der Waals surface area contributed by atoms with Crippen LogP contribution in [0, 0.1) is 6.92 Å². The summed E-state index contributed by atoms with van der Waals surface area (Å²) in [7, 11) is 0. The van der Waals surface area contributed by atoms with Gasteiger partial charge in [-0.1, -0.05) is 39.0 Å². The molecule has 0 aliphatic rings. The number of thiazole rings is 1. The van der Waals surface area contributed by atoms with Crippen LogP contribution in [-0.4, -0.2) is 21.8 Å². The van der Waals surface area contributed by atoms with E-state index < -0.39 is 17.7 Å². The summed E-state index contributed by atoms with van der Waals surface area (Å²) < 4.78 is 38.7. The Kier molecular flexibility index (Phi) is 8.47. The first kappa shape index (κ1) is 26.3. The highest BCUT2D eigenvalue weighted by atomic mass is 32.2. The van der Waals surface area contributed by atoms with Crippen LogP contribution in [0.1, 0.15) is 66.3 Å². The number of aryl methyl sites for hydroxylation is 2. The van der Waals surface area contributed by atoms with Crippen LogP contribution in [0.2, 0.25) is 0 Å². The van der Waals surface area contributed by atoms with E-state index in [1.807, 2.05) is 19.1 Å². The average molecular weight is 508 g/mol. The molecule has 0 fully saturated rings. The summed E-state index contributed by atoms with van der Waals surface area (Å²) in [4.78, 5) is 17.9. The van der Waals surface area contributed by atoms with Crippen molar-refractivity contribution in [2.24, 2.45) is 0 Å². The summed E-state index contributed by atoms with van der Waals surface area (Å²) in [5.74, 6) is 0.461. The van der Waals surface area contributed by atoms with Gasteiger partial charge in [-0.05, 0) is 54.7 Å². The van der Waals surface area contributed by atoms with Crippen LogP contribution in [-0.2, 0) is 17.4 Å². The van der Waals surface area contributed by atoms with Crippen LogP contribution in [0.15, 0.2) is 47.4 Å². The summed E-state index contributed by atoms with van der Waals surface area (Å²) >= 11 is 3.29. The average Bonchev–Trinajstić information content (AvgIpc) is 3.22. The smallest absolute Gasteiger partial charge is 0.416 e.